The van der Waals surface area contributed by atoms with Crippen LogP contribution >= 0.6 is 0 Å². The number of amides is 3. The molecular formula is C17H17F2N3O3. The van der Waals surface area contributed by atoms with Gasteiger partial charge < -0.3 is 20.7 Å². The molecule has 1 unspecified atom stereocenters. The number of hydrogen-bond acceptors (Lipinski definition) is 3. The van der Waals surface area contributed by atoms with Crippen molar-refractivity contribution in [2.75, 3.05) is 10.6 Å². The van der Waals surface area contributed by atoms with Gasteiger partial charge in [0.05, 0.1) is 0 Å². The Morgan fingerprint density at radius 1 is 0.920 bits per heavy atom. The molecular weight excluding hydrogens is 332 g/mol. The van der Waals surface area contributed by atoms with Gasteiger partial charge in [0, 0.05) is 11.4 Å². The highest BCUT2D eigenvalue weighted by Crippen LogP contribution is 2.17. The lowest BCUT2D eigenvalue weighted by Crippen LogP contribution is -2.43. The standard InChI is InChI=1S/C17H17F2N3O3/c1-11(20-17(24)22-12-5-3-2-4-6-12)15(23)21-13-7-9-14(10-8-13)25-16(18)19/h2-11,16H,1H3,(H,21,23)(H2,20,22,24). The second-order valence-electron chi connectivity index (χ2n) is 5.08. The van der Waals surface area contributed by atoms with Crippen LogP contribution in [0.1, 0.15) is 6.92 Å². The molecule has 0 bridgehead atoms. The average Bonchev–Trinajstić information content (AvgIpc) is 2.57. The van der Waals surface area contributed by atoms with Gasteiger partial charge in [0.1, 0.15) is 11.8 Å². The first-order chi connectivity index (χ1) is 11.9. The van der Waals surface area contributed by atoms with E-state index in [1.165, 1.54) is 31.2 Å². The molecule has 0 fully saturated rings. The molecule has 3 amide bonds. The maximum atomic E-state index is 12.1. The van der Waals surface area contributed by atoms with E-state index in [1.54, 1.807) is 24.3 Å². The van der Waals surface area contributed by atoms with E-state index in [0.717, 1.165) is 0 Å². The first kappa shape index (κ1) is 18.2. The monoisotopic (exact) mass is 349 g/mol. The summed E-state index contributed by atoms with van der Waals surface area (Å²) in [5, 5.41) is 7.67. The van der Waals surface area contributed by atoms with Crippen LogP contribution in [0.25, 0.3) is 0 Å². The number of carbonyl (C=O) groups is 2. The number of urea groups is 1. The van der Waals surface area contributed by atoms with Gasteiger partial charge >= 0.3 is 12.6 Å². The van der Waals surface area contributed by atoms with Gasteiger partial charge in [-0.05, 0) is 43.3 Å². The van der Waals surface area contributed by atoms with Crippen molar-refractivity contribution in [1.82, 2.24) is 5.32 Å². The fraction of sp³-hybridized carbons (Fsp3) is 0.176. The minimum Gasteiger partial charge on any atom is -0.435 e. The van der Waals surface area contributed by atoms with Crippen molar-refractivity contribution in [1.29, 1.82) is 0 Å². The zero-order chi connectivity index (χ0) is 18.2. The van der Waals surface area contributed by atoms with Crippen LogP contribution in [0.15, 0.2) is 54.6 Å². The topological polar surface area (TPSA) is 79.5 Å². The van der Waals surface area contributed by atoms with Gasteiger partial charge in [-0.2, -0.15) is 8.78 Å². The predicted octanol–water partition coefficient (Wildman–Crippen LogP) is 3.44. The fourth-order valence-corrected chi connectivity index (χ4v) is 1.92. The molecule has 0 saturated heterocycles. The van der Waals surface area contributed by atoms with E-state index in [1.807, 2.05) is 6.07 Å². The molecule has 1 atom stereocenters. The largest absolute Gasteiger partial charge is 0.435 e. The molecule has 132 valence electrons. The van der Waals surface area contributed by atoms with Gasteiger partial charge in [-0.15, -0.1) is 0 Å². The Hall–Kier alpha value is -3.16. The number of halogens is 2. The van der Waals surface area contributed by atoms with Crippen LogP contribution in [0.4, 0.5) is 25.0 Å². The SMILES string of the molecule is CC(NC(=O)Nc1ccccc1)C(=O)Nc1ccc(OC(F)F)cc1. The Morgan fingerprint density at radius 2 is 1.52 bits per heavy atom. The molecule has 2 aromatic carbocycles. The van der Waals surface area contributed by atoms with Crippen molar-refractivity contribution < 1.29 is 23.1 Å². The first-order valence-electron chi connectivity index (χ1n) is 7.42. The normalized spacial score (nSPS) is 11.5. The quantitative estimate of drug-likeness (QED) is 0.747. The van der Waals surface area contributed by atoms with Crippen LogP contribution in [-0.2, 0) is 4.79 Å². The average molecular weight is 349 g/mol. The van der Waals surface area contributed by atoms with Crippen LogP contribution in [0, 0.1) is 0 Å². The van der Waals surface area contributed by atoms with Gasteiger partial charge in [0.2, 0.25) is 5.91 Å². The van der Waals surface area contributed by atoms with Gasteiger partial charge in [0.25, 0.3) is 0 Å². The summed E-state index contributed by atoms with van der Waals surface area (Å²) in [7, 11) is 0. The summed E-state index contributed by atoms with van der Waals surface area (Å²) >= 11 is 0. The van der Waals surface area contributed by atoms with Gasteiger partial charge in [0.15, 0.2) is 0 Å². The maximum Gasteiger partial charge on any atom is 0.387 e. The second-order valence-corrected chi connectivity index (χ2v) is 5.08. The summed E-state index contributed by atoms with van der Waals surface area (Å²) in [4.78, 5) is 23.9. The smallest absolute Gasteiger partial charge is 0.387 e. The Kier molecular flexibility index (Phi) is 6.27. The highest BCUT2D eigenvalue weighted by atomic mass is 19.3. The van der Waals surface area contributed by atoms with E-state index >= 15 is 0 Å². The van der Waals surface area contributed by atoms with Crippen LogP contribution < -0.4 is 20.7 Å². The third-order valence-corrected chi connectivity index (χ3v) is 3.12. The number of carbonyl (C=O) groups excluding carboxylic acids is 2. The molecule has 0 saturated carbocycles. The number of benzene rings is 2. The van der Waals surface area contributed by atoms with Crippen molar-refractivity contribution in [3.05, 3.63) is 54.6 Å². The number of hydrogen-bond donors (Lipinski definition) is 3. The highest BCUT2D eigenvalue weighted by Gasteiger charge is 2.16. The van der Waals surface area contributed by atoms with Gasteiger partial charge in [-0.1, -0.05) is 18.2 Å². The fourth-order valence-electron chi connectivity index (χ4n) is 1.92. The molecule has 6 nitrogen and oxygen atoms in total. The summed E-state index contributed by atoms with van der Waals surface area (Å²) in [6.07, 6.45) is 0. The third-order valence-electron chi connectivity index (χ3n) is 3.12. The number of para-hydroxylation sites is 1. The molecule has 0 aliphatic rings. The van der Waals surface area contributed by atoms with Crippen LogP contribution in [0.5, 0.6) is 5.75 Å². The van der Waals surface area contributed by atoms with Crippen molar-refractivity contribution in [3.63, 3.8) is 0 Å². The number of rotatable bonds is 6. The Morgan fingerprint density at radius 3 is 2.12 bits per heavy atom. The van der Waals surface area contributed by atoms with Crippen LogP contribution in [0.2, 0.25) is 0 Å². The van der Waals surface area contributed by atoms with E-state index in [4.69, 9.17) is 0 Å². The van der Waals surface area contributed by atoms with Gasteiger partial charge in [-0.25, -0.2) is 4.79 Å². The van der Waals surface area contributed by atoms with Crippen LogP contribution in [-0.4, -0.2) is 24.6 Å². The number of nitrogens with one attached hydrogen (secondary N) is 3. The summed E-state index contributed by atoms with van der Waals surface area (Å²) < 4.78 is 28.4. The molecule has 3 N–H and O–H groups in total. The molecule has 0 aromatic heterocycles. The summed E-state index contributed by atoms with van der Waals surface area (Å²) in [5.41, 5.74) is 0.992. The minimum atomic E-state index is -2.91. The van der Waals surface area contributed by atoms with Crippen LogP contribution in [0.3, 0.4) is 0 Å². The van der Waals surface area contributed by atoms with E-state index in [9.17, 15) is 18.4 Å². The van der Waals surface area contributed by atoms with Gasteiger partial charge in [-0.3, -0.25) is 4.79 Å². The Bertz CT molecular complexity index is 709. The van der Waals surface area contributed by atoms with E-state index in [0.29, 0.717) is 11.4 Å². The summed E-state index contributed by atoms with van der Waals surface area (Å²) in [5.74, 6) is -0.466. The van der Waals surface area contributed by atoms with E-state index in [2.05, 4.69) is 20.7 Å². The second kappa shape index (κ2) is 8.62. The molecule has 0 spiro atoms. The van der Waals surface area contributed by atoms with Crippen molar-refractivity contribution >= 4 is 23.3 Å². The lowest BCUT2D eigenvalue weighted by molar-refractivity contribution is -0.117. The molecule has 25 heavy (non-hydrogen) atoms. The maximum absolute atomic E-state index is 12.1. The summed E-state index contributed by atoms with van der Waals surface area (Å²) in [6, 6.07) is 12.9. The number of ether oxygens (including phenoxy) is 1. The highest BCUT2D eigenvalue weighted by molar-refractivity contribution is 5.98. The molecule has 8 heteroatoms. The number of anilines is 2. The zero-order valence-electron chi connectivity index (χ0n) is 13.3. The molecule has 0 aliphatic carbocycles. The first-order valence-corrected chi connectivity index (χ1v) is 7.42. The molecule has 0 aliphatic heterocycles. The van der Waals surface area contributed by atoms with Crippen molar-refractivity contribution in [2.24, 2.45) is 0 Å². The number of alkyl halides is 2. The Balaban J connectivity index is 1.84. The van der Waals surface area contributed by atoms with Crippen molar-refractivity contribution in [2.45, 2.75) is 19.6 Å². The van der Waals surface area contributed by atoms with Crippen molar-refractivity contribution in [3.8, 4) is 5.75 Å². The Labute approximate surface area is 143 Å². The predicted molar refractivity (Wildman–Crippen MR) is 89.8 cm³/mol. The molecule has 0 radical (unpaired) electrons. The van der Waals surface area contributed by atoms with E-state index < -0.39 is 24.6 Å². The molecule has 2 rings (SSSR count). The lowest BCUT2D eigenvalue weighted by atomic mass is 10.2. The molecule has 2 aromatic rings. The summed E-state index contributed by atoms with van der Waals surface area (Å²) in [6.45, 7) is -1.39. The van der Waals surface area contributed by atoms with E-state index in [-0.39, 0.29) is 5.75 Å². The third kappa shape index (κ3) is 6.09. The minimum absolute atomic E-state index is 0.0126. The lowest BCUT2D eigenvalue weighted by Gasteiger charge is -2.15. The zero-order valence-corrected chi connectivity index (χ0v) is 13.3. The molecule has 0 heterocycles.